The summed E-state index contributed by atoms with van der Waals surface area (Å²) >= 11 is 0. The fourth-order valence-corrected chi connectivity index (χ4v) is 2.50. The second-order valence-corrected chi connectivity index (χ2v) is 5.73. The van der Waals surface area contributed by atoms with E-state index < -0.39 is 23.3 Å². The number of urea groups is 1. The van der Waals surface area contributed by atoms with Crippen molar-refractivity contribution in [3.05, 3.63) is 29.8 Å². The van der Waals surface area contributed by atoms with Gasteiger partial charge in [-0.1, -0.05) is 26.0 Å². The third-order valence-electron chi connectivity index (χ3n) is 4.02. The van der Waals surface area contributed by atoms with Crippen LogP contribution in [0.5, 0.6) is 0 Å². The molecule has 5 nitrogen and oxygen atoms in total. The molecular formula is C15H16N2O3. The van der Waals surface area contributed by atoms with E-state index in [1.165, 1.54) is 0 Å². The zero-order valence-corrected chi connectivity index (χ0v) is 11.5. The number of rotatable bonds is 2. The first kappa shape index (κ1) is 12.8. The molecule has 0 radical (unpaired) electrons. The summed E-state index contributed by atoms with van der Waals surface area (Å²) in [5.74, 6) is -0.551. The van der Waals surface area contributed by atoms with Crippen molar-refractivity contribution in [2.75, 3.05) is 4.90 Å². The molecule has 104 valence electrons. The molecular weight excluding hydrogens is 256 g/mol. The van der Waals surface area contributed by atoms with Crippen LogP contribution in [0, 0.1) is 5.41 Å². The first-order valence-electron chi connectivity index (χ1n) is 6.76. The van der Waals surface area contributed by atoms with Gasteiger partial charge in [-0.3, -0.25) is 14.9 Å². The molecule has 0 atom stereocenters. The van der Waals surface area contributed by atoms with Gasteiger partial charge in [-0.15, -0.1) is 0 Å². The van der Waals surface area contributed by atoms with Crippen molar-refractivity contribution in [3.8, 4) is 0 Å². The number of nitrogens with one attached hydrogen (secondary N) is 1. The van der Waals surface area contributed by atoms with Crippen LogP contribution in [0.4, 0.5) is 10.5 Å². The number of nitrogens with zero attached hydrogens (tertiary/aromatic N) is 1. The van der Waals surface area contributed by atoms with Gasteiger partial charge in [0, 0.05) is 0 Å². The zero-order valence-electron chi connectivity index (χ0n) is 11.5. The van der Waals surface area contributed by atoms with Crippen LogP contribution in [0.2, 0.25) is 0 Å². The molecule has 0 unspecified atom stereocenters. The summed E-state index contributed by atoms with van der Waals surface area (Å²) in [6, 6.07) is 6.67. The average Bonchev–Trinajstić information content (AvgIpc) is 3.19. The Kier molecular flexibility index (Phi) is 2.67. The highest BCUT2D eigenvalue weighted by atomic mass is 16.2. The van der Waals surface area contributed by atoms with Gasteiger partial charge < -0.3 is 0 Å². The van der Waals surface area contributed by atoms with E-state index in [0.29, 0.717) is 24.4 Å². The smallest absolute Gasteiger partial charge is 0.276 e. The molecule has 1 aromatic carbocycles. The van der Waals surface area contributed by atoms with E-state index in [1.807, 2.05) is 32.0 Å². The third-order valence-corrected chi connectivity index (χ3v) is 4.02. The van der Waals surface area contributed by atoms with Crippen LogP contribution in [0.25, 0.3) is 0 Å². The lowest BCUT2D eigenvalue weighted by molar-refractivity contribution is -0.136. The Balaban J connectivity index is 2.00. The molecule has 1 heterocycles. The number of barbiturate groups is 1. The third kappa shape index (κ3) is 1.73. The highest BCUT2D eigenvalue weighted by molar-refractivity contribution is 6.31. The average molecular weight is 272 g/mol. The van der Waals surface area contributed by atoms with Crippen LogP contribution in [0.15, 0.2) is 24.3 Å². The molecule has 0 aromatic heterocycles. The van der Waals surface area contributed by atoms with Crippen molar-refractivity contribution in [3.63, 3.8) is 0 Å². The molecule has 1 aliphatic carbocycles. The van der Waals surface area contributed by atoms with Crippen LogP contribution >= 0.6 is 0 Å². The molecule has 2 aliphatic rings. The normalized spacial score (nSPS) is 20.6. The minimum atomic E-state index is -0.998. The monoisotopic (exact) mass is 272 g/mol. The van der Waals surface area contributed by atoms with E-state index in [0.717, 1.165) is 10.5 Å². The van der Waals surface area contributed by atoms with Crippen LogP contribution in [-0.4, -0.2) is 17.8 Å². The number of hydrogen-bond acceptors (Lipinski definition) is 3. The Hall–Kier alpha value is -2.17. The number of carbonyl (C=O) groups is 3. The SMILES string of the molecule is CC(C)c1cccc(N2C(=O)NC(=O)C3(CC3)C2=O)c1. The van der Waals surface area contributed by atoms with E-state index in [-0.39, 0.29) is 0 Å². The van der Waals surface area contributed by atoms with E-state index in [4.69, 9.17) is 0 Å². The largest absolute Gasteiger partial charge is 0.335 e. The molecule has 4 amide bonds. The van der Waals surface area contributed by atoms with Crippen molar-refractivity contribution in [1.82, 2.24) is 5.32 Å². The maximum atomic E-state index is 12.5. The molecule has 0 bridgehead atoms. The summed E-state index contributed by atoms with van der Waals surface area (Å²) in [5, 5.41) is 2.29. The number of carbonyl (C=O) groups excluding carboxylic acids is 3. The fourth-order valence-electron chi connectivity index (χ4n) is 2.50. The maximum absolute atomic E-state index is 12.5. The van der Waals surface area contributed by atoms with Crippen LogP contribution < -0.4 is 10.2 Å². The van der Waals surface area contributed by atoms with Gasteiger partial charge in [0.1, 0.15) is 5.41 Å². The van der Waals surface area contributed by atoms with Crippen molar-refractivity contribution in [2.24, 2.45) is 5.41 Å². The van der Waals surface area contributed by atoms with Crippen LogP contribution in [0.1, 0.15) is 38.2 Å². The number of benzene rings is 1. The van der Waals surface area contributed by atoms with Gasteiger partial charge in [-0.25, -0.2) is 9.69 Å². The quantitative estimate of drug-likeness (QED) is 0.839. The molecule has 1 N–H and O–H groups in total. The lowest BCUT2D eigenvalue weighted by Crippen LogP contribution is -2.59. The highest BCUT2D eigenvalue weighted by Crippen LogP contribution is 2.49. The molecule has 1 saturated heterocycles. The second-order valence-electron chi connectivity index (χ2n) is 5.73. The summed E-state index contributed by atoms with van der Waals surface area (Å²) in [5.41, 5.74) is 0.573. The molecule has 3 rings (SSSR count). The van der Waals surface area contributed by atoms with Crippen molar-refractivity contribution < 1.29 is 14.4 Å². The van der Waals surface area contributed by atoms with E-state index >= 15 is 0 Å². The number of imide groups is 2. The molecule has 1 saturated carbocycles. The molecule has 1 spiro atoms. The predicted octanol–water partition coefficient (Wildman–Crippen LogP) is 2.17. The first-order chi connectivity index (χ1) is 9.45. The minimum Gasteiger partial charge on any atom is -0.276 e. The standard InChI is InChI=1S/C15H16N2O3/c1-9(2)10-4-3-5-11(8-10)17-13(19)15(6-7-15)12(18)16-14(17)20/h3-5,8-9H,6-7H2,1-2H3,(H,16,18,20). The number of hydrogen-bond donors (Lipinski definition) is 1. The number of amides is 4. The van der Waals surface area contributed by atoms with E-state index in [9.17, 15) is 14.4 Å². The maximum Gasteiger partial charge on any atom is 0.335 e. The second kappa shape index (κ2) is 4.16. The van der Waals surface area contributed by atoms with E-state index in [1.54, 1.807) is 6.07 Å². The van der Waals surface area contributed by atoms with Crippen LogP contribution in [0.3, 0.4) is 0 Å². The van der Waals surface area contributed by atoms with E-state index in [2.05, 4.69) is 5.32 Å². The van der Waals surface area contributed by atoms with Gasteiger partial charge in [0.25, 0.3) is 5.91 Å². The predicted molar refractivity (Wildman–Crippen MR) is 73.2 cm³/mol. The Morgan fingerprint density at radius 2 is 1.90 bits per heavy atom. The van der Waals surface area contributed by atoms with Crippen molar-refractivity contribution in [1.29, 1.82) is 0 Å². The molecule has 1 aromatic rings. The van der Waals surface area contributed by atoms with Gasteiger partial charge in [0.2, 0.25) is 5.91 Å². The first-order valence-corrected chi connectivity index (χ1v) is 6.76. The summed E-state index contributed by atoms with van der Waals surface area (Å²) in [7, 11) is 0. The van der Waals surface area contributed by atoms with Gasteiger partial charge in [-0.2, -0.15) is 0 Å². The molecule has 5 heteroatoms. The van der Waals surface area contributed by atoms with Gasteiger partial charge in [0.05, 0.1) is 5.69 Å². The minimum absolute atomic E-state index is 0.300. The van der Waals surface area contributed by atoms with Gasteiger partial charge in [0.15, 0.2) is 0 Å². The topological polar surface area (TPSA) is 66.5 Å². The Bertz CT molecular complexity index is 617. The highest BCUT2D eigenvalue weighted by Gasteiger charge is 2.62. The summed E-state index contributed by atoms with van der Waals surface area (Å²) in [6.45, 7) is 4.09. The van der Waals surface area contributed by atoms with Crippen molar-refractivity contribution >= 4 is 23.5 Å². The lowest BCUT2D eigenvalue weighted by Gasteiger charge is -2.30. The molecule has 20 heavy (non-hydrogen) atoms. The summed E-state index contributed by atoms with van der Waals surface area (Å²) in [4.78, 5) is 37.3. The Labute approximate surface area is 116 Å². The van der Waals surface area contributed by atoms with Crippen LogP contribution in [-0.2, 0) is 9.59 Å². The molecule has 2 fully saturated rings. The lowest BCUT2D eigenvalue weighted by atomic mass is 9.99. The van der Waals surface area contributed by atoms with Gasteiger partial charge >= 0.3 is 6.03 Å². The van der Waals surface area contributed by atoms with Gasteiger partial charge in [-0.05, 0) is 36.5 Å². The summed E-state index contributed by atoms with van der Waals surface area (Å²) in [6.07, 6.45) is 1.04. The Morgan fingerprint density at radius 1 is 1.20 bits per heavy atom. The zero-order chi connectivity index (χ0) is 14.5. The fraction of sp³-hybridized carbons (Fsp3) is 0.400. The summed E-state index contributed by atoms with van der Waals surface area (Å²) < 4.78 is 0. The molecule has 1 aliphatic heterocycles. The van der Waals surface area contributed by atoms with Crippen molar-refractivity contribution in [2.45, 2.75) is 32.6 Å². The number of anilines is 1. The Morgan fingerprint density at radius 3 is 2.50 bits per heavy atom.